The smallest absolute Gasteiger partial charge is 0.338 e. The fourth-order valence-corrected chi connectivity index (χ4v) is 1.92. The van der Waals surface area contributed by atoms with Crippen molar-refractivity contribution in [2.24, 2.45) is 0 Å². The topological polar surface area (TPSA) is 26.3 Å². The molecular weight excluding hydrogens is 184 g/mol. The molecule has 0 saturated heterocycles. The SMILES string of the molecule is COC(=O)c1csc(C(C)(C)C)c1. The normalized spacial score (nSPS) is 11.4. The molecule has 1 heterocycles. The average molecular weight is 198 g/mol. The highest BCUT2D eigenvalue weighted by atomic mass is 32.1. The van der Waals surface area contributed by atoms with E-state index in [1.54, 1.807) is 11.3 Å². The van der Waals surface area contributed by atoms with Crippen LogP contribution in [-0.2, 0) is 10.2 Å². The van der Waals surface area contributed by atoms with E-state index < -0.39 is 0 Å². The average Bonchev–Trinajstić information content (AvgIpc) is 2.50. The minimum Gasteiger partial charge on any atom is -0.465 e. The molecule has 1 aromatic rings. The summed E-state index contributed by atoms with van der Waals surface area (Å²) in [6.45, 7) is 6.37. The van der Waals surface area contributed by atoms with E-state index in [1.807, 2.05) is 11.4 Å². The van der Waals surface area contributed by atoms with Crippen LogP contribution in [0.1, 0.15) is 36.0 Å². The third kappa shape index (κ3) is 2.31. The largest absolute Gasteiger partial charge is 0.465 e. The number of thiophene rings is 1. The number of carbonyl (C=O) groups excluding carboxylic acids is 1. The van der Waals surface area contributed by atoms with Crippen molar-refractivity contribution in [2.75, 3.05) is 7.11 Å². The minimum atomic E-state index is -0.258. The van der Waals surface area contributed by atoms with Crippen LogP contribution >= 0.6 is 11.3 Å². The zero-order valence-corrected chi connectivity index (χ0v) is 9.20. The Hall–Kier alpha value is -0.830. The summed E-state index contributed by atoms with van der Waals surface area (Å²) in [4.78, 5) is 12.3. The van der Waals surface area contributed by atoms with E-state index in [1.165, 1.54) is 12.0 Å². The van der Waals surface area contributed by atoms with Crippen LogP contribution in [0.4, 0.5) is 0 Å². The number of hydrogen-bond acceptors (Lipinski definition) is 3. The Morgan fingerprint density at radius 1 is 1.46 bits per heavy atom. The van der Waals surface area contributed by atoms with Gasteiger partial charge in [-0.15, -0.1) is 11.3 Å². The molecule has 0 saturated carbocycles. The Morgan fingerprint density at radius 3 is 2.46 bits per heavy atom. The first-order valence-electron chi connectivity index (χ1n) is 4.12. The molecule has 0 aromatic carbocycles. The van der Waals surface area contributed by atoms with Crippen LogP contribution < -0.4 is 0 Å². The number of esters is 1. The molecule has 0 spiro atoms. The maximum atomic E-state index is 11.1. The molecule has 1 aromatic heterocycles. The standard InChI is InChI=1S/C10H14O2S/c1-10(2,3)8-5-7(6-13-8)9(11)12-4/h5-6H,1-4H3. The van der Waals surface area contributed by atoms with Gasteiger partial charge in [-0.25, -0.2) is 4.79 Å². The van der Waals surface area contributed by atoms with Gasteiger partial charge in [-0.3, -0.25) is 0 Å². The van der Waals surface area contributed by atoms with E-state index in [0.717, 1.165) is 0 Å². The first-order valence-corrected chi connectivity index (χ1v) is 5.00. The molecule has 0 aliphatic heterocycles. The molecule has 0 amide bonds. The minimum absolute atomic E-state index is 0.108. The van der Waals surface area contributed by atoms with Crippen molar-refractivity contribution >= 4 is 17.3 Å². The Labute approximate surface area is 82.5 Å². The van der Waals surface area contributed by atoms with Gasteiger partial charge >= 0.3 is 5.97 Å². The van der Waals surface area contributed by atoms with E-state index in [0.29, 0.717) is 5.56 Å². The predicted octanol–water partition coefficient (Wildman–Crippen LogP) is 2.83. The molecule has 3 heteroatoms. The van der Waals surface area contributed by atoms with E-state index in [4.69, 9.17) is 0 Å². The molecule has 0 unspecified atom stereocenters. The molecule has 2 nitrogen and oxygen atoms in total. The lowest BCUT2D eigenvalue weighted by Crippen LogP contribution is -2.08. The fourth-order valence-electron chi connectivity index (χ4n) is 0.954. The highest BCUT2D eigenvalue weighted by molar-refractivity contribution is 7.10. The maximum absolute atomic E-state index is 11.1. The van der Waals surface area contributed by atoms with Gasteiger partial charge in [0.25, 0.3) is 0 Å². The summed E-state index contributed by atoms with van der Waals surface area (Å²) >= 11 is 1.60. The molecule has 0 aliphatic carbocycles. The highest BCUT2D eigenvalue weighted by Crippen LogP contribution is 2.28. The Morgan fingerprint density at radius 2 is 2.08 bits per heavy atom. The number of carbonyl (C=O) groups is 1. The number of rotatable bonds is 1. The molecule has 72 valence electrons. The maximum Gasteiger partial charge on any atom is 0.338 e. The van der Waals surface area contributed by atoms with Gasteiger partial charge in [0.15, 0.2) is 0 Å². The van der Waals surface area contributed by atoms with Crippen LogP contribution in [0.25, 0.3) is 0 Å². The van der Waals surface area contributed by atoms with Crippen LogP contribution in [-0.4, -0.2) is 13.1 Å². The summed E-state index contributed by atoms with van der Waals surface area (Å²) in [5.74, 6) is -0.258. The van der Waals surface area contributed by atoms with Gasteiger partial charge in [0, 0.05) is 10.3 Å². The quantitative estimate of drug-likeness (QED) is 0.649. The Kier molecular flexibility index (Phi) is 2.76. The zero-order valence-electron chi connectivity index (χ0n) is 8.38. The number of hydrogen-bond donors (Lipinski definition) is 0. The summed E-state index contributed by atoms with van der Waals surface area (Å²) in [5, 5.41) is 1.84. The van der Waals surface area contributed by atoms with Crippen molar-refractivity contribution in [3.05, 3.63) is 21.9 Å². The van der Waals surface area contributed by atoms with Gasteiger partial charge in [-0.1, -0.05) is 20.8 Å². The monoisotopic (exact) mass is 198 g/mol. The molecule has 0 fully saturated rings. The molecule has 1 rings (SSSR count). The molecule has 0 N–H and O–H groups in total. The summed E-state index contributed by atoms with van der Waals surface area (Å²) < 4.78 is 4.63. The van der Waals surface area contributed by atoms with Crippen LogP contribution in [0.2, 0.25) is 0 Å². The van der Waals surface area contributed by atoms with Gasteiger partial charge in [0.2, 0.25) is 0 Å². The van der Waals surface area contributed by atoms with E-state index in [9.17, 15) is 4.79 Å². The summed E-state index contributed by atoms with van der Waals surface area (Å²) in [5.41, 5.74) is 0.758. The van der Waals surface area contributed by atoms with Gasteiger partial charge < -0.3 is 4.74 Å². The van der Waals surface area contributed by atoms with Gasteiger partial charge in [-0.05, 0) is 11.5 Å². The fraction of sp³-hybridized carbons (Fsp3) is 0.500. The number of methoxy groups -OCH3 is 1. The third-order valence-electron chi connectivity index (χ3n) is 1.76. The predicted molar refractivity (Wildman–Crippen MR) is 54.4 cm³/mol. The van der Waals surface area contributed by atoms with E-state index >= 15 is 0 Å². The lowest BCUT2D eigenvalue weighted by atomic mass is 9.94. The molecule has 0 radical (unpaired) electrons. The van der Waals surface area contributed by atoms with Crippen molar-refractivity contribution in [1.82, 2.24) is 0 Å². The second kappa shape index (κ2) is 3.50. The lowest BCUT2D eigenvalue weighted by Gasteiger charge is -2.14. The summed E-state index contributed by atoms with van der Waals surface area (Å²) in [6.07, 6.45) is 0. The second-order valence-electron chi connectivity index (χ2n) is 3.94. The van der Waals surface area contributed by atoms with E-state index in [-0.39, 0.29) is 11.4 Å². The second-order valence-corrected chi connectivity index (χ2v) is 4.85. The Bertz CT molecular complexity index is 307. The summed E-state index contributed by atoms with van der Waals surface area (Å²) in [7, 11) is 1.40. The van der Waals surface area contributed by atoms with Gasteiger partial charge in [-0.2, -0.15) is 0 Å². The van der Waals surface area contributed by atoms with E-state index in [2.05, 4.69) is 25.5 Å². The van der Waals surface area contributed by atoms with Crippen LogP contribution in [0.3, 0.4) is 0 Å². The Balaban J connectivity index is 2.93. The first-order chi connectivity index (χ1) is 5.95. The summed E-state index contributed by atoms with van der Waals surface area (Å²) in [6, 6.07) is 1.90. The van der Waals surface area contributed by atoms with Crippen molar-refractivity contribution in [2.45, 2.75) is 26.2 Å². The van der Waals surface area contributed by atoms with Crippen LogP contribution in [0, 0.1) is 0 Å². The van der Waals surface area contributed by atoms with Crippen LogP contribution in [0.15, 0.2) is 11.4 Å². The highest BCUT2D eigenvalue weighted by Gasteiger charge is 2.18. The van der Waals surface area contributed by atoms with Crippen molar-refractivity contribution in [1.29, 1.82) is 0 Å². The lowest BCUT2D eigenvalue weighted by molar-refractivity contribution is 0.0601. The van der Waals surface area contributed by atoms with Gasteiger partial charge in [0.05, 0.1) is 12.7 Å². The molecule has 0 bridgehead atoms. The van der Waals surface area contributed by atoms with Gasteiger partial charge in [0.1, 0.15) is 0 Å². The first kappa shape index (κ1) is 10.3. The molecular formula is C10H14O2S. The molecule has 13 heavy (non-hydrogen) atoms. The zero-order chi connectivity index (χ0) is 10.1. The third-order valence-corrected chi connectivity index (χ3v) is 3.12. The molecule has 0 atom stereocenters. The van der Waals surface area contributed by atoms with Crippen molar-refractivity contribution in [3.8, 4) is 0 Å². The van der Waals surface area contributed by atoms with Crippen molar-refractivity contribution < 1.29 is 9.53 Å². The van der Waals surface area contributed by atoms with Crippen molar-refractivity contribution in [3.63, 3.8) is 0 Å². The number of ether oxygens (including phenoxy) is 1. The van der Waals surface area contributed by atoms with Crippen LogP contribution in [0.5, 0.6) is 0 Å². The molecule has 0 aliphatic rings.